The van der Waals surface area contributed by atoms with E-state index < -0.39 is 11.7 Å². The van der Waals surface area contributed by atoms with Crippen molar-refractivity contribution in [1.29, 1.82) is 0 Å². The first-order chi connectivity index (χ1) is 8.36. The Balaban J connectivity index is 2.93. The molecule has 1 aromatic rings. The van der Waals surface area contributed by atoms with Crippen molar-refractivity contribution >= 4 is 17.3 Å². The van der Waals surface area contributed by atoms with E-state index in [2.05, 4.69) is 5.32 Å². The van der Waals surface area contributed by atoms with Crippen molar-refractivity contribution in [1.82, 2.24) is 0 Å². The number of unbranched alkanes of at least 4 members (excludes halogenated alkanes) is 1. The molecule has 0 saturated heterocycles. The summed E-state index contributed by atoms with van der Waals surface area (Å²) >= 11 is 5.85. The van der Waals surface area contributed by atoms with E-state index in [1.807, 2.05) is 13.8 Å². The van der Waals surface area contributed by atoms with Crippen molar-refractivity contribution in [2.24, 2.45) is 0 Å². The number of benzene rings is 1. The number of halogens is 4. The minimum absolute atomic E-state index is 0.0183. The first kappa shape index (κ1) is 15.2. The van der Waals surface area contributed by atoms with Gasteiger partial charge < -0.3 is 5.32 Å². The number of rotatable bonds is 5. The number of nitrogens with one attached hydrogen (secondary N) is 1. The van der Waals surface area contributed by atoms with Crippen molar-refractivity contribution in [2.75, 3.05) is 5.32 Å². The molecule has 102 valence electrons. The van der Waals surface area contributed by atoms with Gasteiger partial charge >= 0.3 is 6.18 Å². The van der Waals surface area contributed by atoms with Gasteiger partial charge in [0.05, 0.1) is 16.3 Å². The molecule has 1 rings (SSSR count). The van der Waals surface area contributed by atoms with Gasteiger partial charge in [0.25, 0.3) is 0 Å². The molecule has 0 saturated carbocycles. The largest absolute Gasteiger partial charge is 0.418 e. The third-order valence-electron chi connectivity index (χ3n) is 2.70. The van der Waals surface area contributed by atoms with Crippen molar-refractivity contribution in [2.45, 2.75) is 45.3 Å². The van der Waals surface area contributed by atoms with E-state index in [9.17, 15) is 13.2 Å². The molecule has 0 fully saturated rings. The van der Waals surface area contributed by atoms with Crippen LogP contribution in [0.5, 0.6) is 0 Å². The zero-order chi connectivity index (χ0) is 13.8. The second-order valence-corrected chi connectivity index (χ2v) is 4.75. The zero-order valence-electron chi connectivity index (χ0n) is 10.4. The molecule has 1 nitrogen and oxygen atoms in total. The standard InChI is InChI=1S/C13H17ClF3N/c1-3-4-6-9(2)18-12-10(13(15,16)17)7-5-8-11(12)14/h5,7-9,18H,3-4,6H2,1-2H3. The molecule has 1 aromatic carbocycles. The first-order valence-electron chi connectivity index (χ1n) is 5.98. The third kappa shape index (κ3) is 4.09. The van der Waals surface area contributed by atoms with Crippen LogP contribution in [0.4, 0.5) is 18.9 Å². The fraction of sp³-hybridized carbons (Fsp3) is 0.538. The van der Waals surface area contributed by atoms with Crippen LogP contribution in [-0.4, -0.2) is 6.04 Å². The maximum atomic E-state index is 12.8. The normalized spacial score (nSPS) is 13.4. The van der Waals surface area contributed by atoms with E-state index in [1.165, 1.54) is 12.1 Å². The lowest BCUT2D eigenvalue weighted by atomic mass is 10.1. The number of hydrogen-bond donors (Lipinski definition) is 1. The number of hydrogen-bond acceptors (Lipinski definition) is 1. The highest BCUT2D eigenvalue weighted by molar-refractivity contribution is 6.33. The van der Waals surface area contributed by atoms with Crippen LogP contribution in [0.25, 0.3) is 0 Å². The average molecular weight is 280 g/mol. The number of anilines is 1. The molecule has 0 spiro atoms. The molecular formula is C13H17ClF3N. The van der Waals surface area contributed by atoms with Crippen molar-refractivity contribution in [3.8, 4) is 0 Å². The summed E-state index contributed by atoms with van der Waals surface area (Å²) in [6.07, 6.45) is -1.59. The Kier molecular flexibility index (Phi) is 5.32. The lowest BCUT2D eigenvalue weighted by molar-refractivity contribution is -0.137. The summed E-state index contributed by atoms with van der Waals surface area (Å²) in [6, 6.07) is 3.78. The molecule has 5 heteroatoms. The molecule has 0 aliphatic rings. The molecule has 1 unspecified atom stereocenters. The Hall–Kier alpha value is -0.900. The molecule has 1 atom stereocenters. The molecule has 0 radical (unpaired) electrons. The highest BCUT2D eigenvalue weighted by Crippen LogP contribution is 2.38. The van der Waals surface area contributed by atoms with Crippen molar-refractivity contribution < 1.29 is 13.2 Å². The summed E-state index contributed by atoms with van der Waals surface area (Å²) in [6.45, 7) is 3.91. The molecule has 0 bridgehead atoms. The molecule has 0 aliphatic carbocycles. The molecule has 0 aromatic heterocycles. The summed E-state index contributed by atoms with van der Waals surface area (Å²) in [7, 11) is 0. The average Bonchev–Trinajstić information content (AvgIpc) is 2.27. The van der Waals surface area contributed by atoms with Gasteiger partial charge in [0.2, 0.25) is 0 Å². The Morgan fingerprint density at radius 1 is 1.33 bits per heavy atom. The Labute approximate surface area is 110 Å². The van der Waals surface area contributed by atoms with Crippen LogP contribution in [0.15, 0.2) is 18.2 Å². The summed E-state index contributed by atoms with van der Waals surface area (Å²) < 4.78 is 38.5. The van der Waals surface area contributed by atoms with E-state index >= 15 is 0 Å². The van der Waals surface area contributed by atoms with E-state index in [1.54, 1.807) is 0 Å². The van der Waals surface area contributed by atoms with Gasteiger partial charge in [0.15, 0.2) is 0 Å². The van der Waals surface area contributed by atoms with Crippen molar-refractivity contribution in [3.63, 3.8) is 0 Å². The third-order valence-corrected chi connectivity index (χ3v) is 3.02. The monoisotopic (exact) mass is 279 g/mol. The van der Waals surface area contributed by atoms with E-state index in [4.69, 9.17) is 11.6 Å². The maximum absolute atomic E-state index is 12.8. The second kappa shape index (κ2) is 6.32. The summed E-state index contributed by atoms with van der Waals surface area (Å²) in [5.41, 5.74) is -0.728. The quantitative estimate of drug-likeness (QED) is 0.766. The minimum atomic E-state index is -4.39. The van der Waals surface area contributed by atoms with Crippen LogP contribution >= 0.6 is 11.6 Å². The fourth-order valence-electron chi connectivity index (χ4n) is 1.74. The molecular weight excluding hydrogens is 263 g/mol. The van der Waals surface area contributed by atoms with Crippen LogP contribution < -0.4 is 5.32 Å². The van der Waals surface area contributed by atoms with Gasteiger partial charge in [-0.1, -0.05) is 37.4 Å². The lowest BCUT2D eigenvalue weighted by Crippen LogP contribution is -2.19. The van der Waals surface area contributed by atoms with Gasteiger partial charge in [0, 0.05) is 6.04 Å². The number of para-hydroxylation sites is 1. The van der Waals surface area contributed by atoms with Crippen LogP contribution in [-0.2, 0) is 6.18 Å². The highest BCUT2D eigenvalue weighted by Gasteiger charge is 2.34. The van der Waals surface area contributed by atoms with E-state index in [0.29, 0.717) is 0 Å². The Bertz CT molecular complexity index is 390. The Morgan fingerprint density at radius 3 is 2.56 bits per heavy atom. The van der Waals surface area contributed by atoms with Crippen LogP contribution in [0.1, 0.15) is 38.7 Å². The van der Waals surface area contributed by atoms with Crippen LogP contribution in [0.3, 0.4) is 0 Å². The van der Waals surface area contributed by atoms with E-state index in [-0.39, 0.29) is 16.8 Å². The van der Waals surface area contributed by atoms with Gasteiger partial charge in [-0.15, -0.1) is 0 Å². The molecule has 0 aliphatic heterocycles. The smallest absolute Gasteiger partial charge is 0.381 e. The minimum Gasteiger partial charge on any atom is -0.381 e. The zero-order valence-corrected chi connectivity index (χ0v) is 11.2. The topological polar surface area (TPSA) is 12.0 Å². The molecule has 18 heavy (non-hydrogen) atoms. The molecule has 0 amide bonds. The van der Waals surface area contributed by atoms with Gasteiger partial charge in [0.1, 0.15) is 0 Å². The van der Waals surface area contributed by atoms with Gasteiger partial charge in [-0.05, 0) is 25.5 Å². The fourth-order valence-corrected chi connectivity index (χ4v) is 1.97. The van der Waals surface area contributed by atoms with Gasteiger partial charge in [-0.3, -0.25) is 0 Å². The van der Waals surface area contributed by atoms with Gasteiger partial charge in [-0.2, -0.15) is 13.2 Å². The second-order valence-electron chi connectivity index (χ2n) is 4.35. The summed E-state index contributed by atoms with van der Waals surface area (Å²) in [5, 5.41) is 2.97. The van der Waals surface area contributed by atoms with Gasteiger partial charge in [-0.25, -0.2) is 0 Å². The summed E-state index contributed by atoms with van der Waals surface area (Å²) in [5.74, 6) is 0. The van der Waals surface area contributed by atoms with E-state index in [0.717, 1.165) is 25.3 Å². The van der Waals surface area contributed by atoms with Crippen LogP contribution in [0.2, 0.25) is 5.02 Å². The molecule has 0 heterocycles. The van der Waals surface area contributed by atoms with Crippen molar-refractivity contribution in [3.05, 3.63) is 28.8 Å². The number of alkyl halides is 3. The van der Waals surface area contributed by atoms with Crippen LogP contribution in [0, 0.1) is 0 Å². The first-order valence-corrected chi connectivity index (χ1v) is 6.36. The maximum Gasteiger partial charge on any atom is 0.418 e. The molecule has 1 N–H and O–H groups in total. The lowest BCUT2D eigenvalue weighted by Gasteiger charge is -2.20. The SMILES string of the molecule is CCCCC(C)Nc1c(Cl)cccc1C(F)(F)F. The predicted molar refractivity (Wildman–Crippen MR) is 69.1 cm³/mol. The highest BCUT2D eigenvalue weighted by atomic mass is 35.5. The predicted octanol–water partition coefficient (Wildman–Crippen LogP) is 5.35. The summed E-state index contributed by atoms with van der Waals surface area (Å²) in [4.78, 5) is 0. The Morgan fingerprint density at radius 2 is 2.00 bits per heavy atom.